The summed E-state index contributed by atoms with van der Waals surface area (Å²) in [6.07, 6.45) is 25.7. The van der Waals surface area contributed by atoms with Gasteiger partial charge < -0.3 is 0 Å². The van der Waals surface area contributed by atoms with Gasteiger partial charge in [0.05, 0.1) is 0 Å². The minimum atomic E-state index is 0.566. The minimum Gasteiger partial charge on any atom is -0.0654 e. The SMILES string of the molecule is BC(CCC)(CCCCCCCC)CC(C)(CC)CCCCCCCC. The summed E-state index contributed by atoms with van der Waals surface area (Å²) in [7, 11) is 2.61. The molecule has 0 bridgehead atoms. The molecule has 0 N–H and O–H groups in total. The van der Waals surface area contributed by atoms with Crippen LogP contribution in [0.4, 0.5) is 0 Å². The fourth-order valence-electron chi connectivity index (χ4n) is 4.99. The minimum absolute atomic E-state index is 0.566. The Hall–Kier alpha value is 0.0649. The van der Waals surface area contributed by atoms with Gasteiger partial charge in [-0.1, -0.05) is 143 Å². The Morgan fingerprint density at radius 3 is 1.46 bits per heavy atom. The number of hydrogen-bond acceptors (Lipinski definition) is 0. The first kappa shape index (κ1) is 26.1. The Kier molecular flexibility index (Phi) is 16.1. The quantitative estimate of drug-likeness (QED) is 0.158. The average Bonchev–Trinajstić information content (AvgIpc) is 2.61. The predicted octanol–water partition coefficient (Wildman–Crippen LogP) is 8.89. The van der Waals surface area contributed by atoms with E-state index >= 15 is 0 Å². The lowest BCUT2D eigenvalue weighted by Gasteiger charge is -2.40. The maximum Gasteiger partial charge on any atom is 0.109 e. The van der Waals surface area contributed by atoms with E-state index in [4.69, 9.17) is 0 Å². The zero-order valence-electron chi connectivity index (χ0n) is 19.7. The van der Waals surface area contributed by atoms with Gasteiger partial charge in [0.15, 0.2) is 0 Å². The van der Waals surface area contributed by atoms with Crippen molar-refractivity contribution >= 4 is 7.85 Å². The molecule has 26 heavy (non-hydrogen) atoms. The summed E-state index contributed by atoms with van der Waals surface area (Å²) in [5.74, 6) is 0. The lowest BCUT2D eigenvalue weighted by atomic mass is 9.55. The third kappa shape index (κ3) is 13.3. The van der Waals surface area contributed by atoms with Gasteiger partial charge in [-0.2, -0.15) is 0 Å². The Morgan fingerprint density at radius 2 is 1.00 bits per heavy atom. The molecule has 0 saturated carbocycles. The molecule has 0 amide bonds. The molecule has 0 aliphatic carbocycles. The van der Waals surface area contributed by atoms with E-state index in [9.17, 15) is 0 Å². The van der Waals surface area contributed by atoms with Crippen molar-refractivity contribution in [2.75, 3.05) is 0 Å². The highest BCUT2D eigenvalue weighted by Gasteiger charge is 2.32. The first-order valence-electron chi connectivity index (χ1n) is 12.4. The summed E-state index contributed by atoms with van der Waals surface area (Å²) >= 11 is 0. The summed E-state index contributed by atoms with van der Waals surface area (Å²) in [5.41, 5.74) is 0.566. The summed E-state index contributed by atoms with van der Waals surface area (Å²) < 4.78 is 0. The van der Waals surface area contributed by atoms with Crippen molar-refractivity contribution < 1.29 is 0 Å². The van der Waals surface area contributed by atoms with Gasteiger partial charge >= 0.3 is 0 Å². The molecule has 0 aromatic rings. The van der Waals surface area contributed by atoms with Crippen LogP contribution in [0, 0.1) is 5.41 Å². The van der Waals surface area contributed by atoms with E-state index in [0.717, 1.165) is 0 Å². The van der Waals surface area contributed by atoms with E-state index in [1.807, 2.05) is 0 Å². The van der Waals surface area contributed by atoms with Gasteiger partial charge in [0, 0.05) is 0 Å². The van der Waals surface area contributed by atoms with Gasteiger partial charge in [-0.25, -0.2) is 0 Å². The van der Waals surface area contributed by atoms with Crippen LogP contribution >= 0.6 is 0 Å². The third-order valence-corrected chi connectivity index (χ3v) is 6.83. The van der Waals surface area contributed by atoms with Crippen molar-refractivity contribution in [1.29, 1.82) is 0 Å². The van der Waals surface area contributed by atoms with Crippen molar-refractivity contribution in [2.45, 2.75) is 156 Å². The molecule has 0 aliphatic heterocycles. The molecule has 0 rings (SSSR count). The highest BCUT2D eigenvalue weighted by Crippen LogP contribution is 2.48. The molecule has 2 unspecified atom stereocenters. The first-order chi connectivity index (χ1) is 12.4. The Bertz CT molecular complexity index is 301. The zero-order valence-corrected chi connectivity index (χ0v) is 19.7. The summed E-state index contributed by atoms with van der Waals surface area (Å²) in [4.78, 5) is 0. The molecule has 0 fully saturated rings. The molecular formula is C25H53B. The van der Waals surface area contributed by atoms with Gasteiger partial charge in [0.2, 0.25) is 0 Å². The van der Waals surface area contributed by atoms with E-state index in [2.05, 4.69) is 42.5 Å². The monoisotopic (exact) mass is 364 g/mol. The second-order valence-electron chi connectivity index (χ2n) is 9.94. The maximum absolute atomic E-state index is 2.61. The highest BCUT2D eigenvalue weighted by atomic mass is 14.3. The lowest BCUT2D eigenvalue weighted by Crippen LogP contribution is -2.25. The second-order valence-corrected chi connectivity index (χ2v) is 9.94. The molecule has 0 saturated heterocycles. The average molecular weight is 365 g/mol. The number of rotatable bonds is 19. The molecule has 1 heteroatoms. The van der Waals surface area contributed by atoms with Crippen LogP contribution in [0.3, 0.4) is 0 Å². The van der Waals surface area contributed by atoms with E-state index in [1.54, 1.807) is 0 Å². The van der Waals surface area contributed by atoms with E-state index in [0.29, 0.717) is 10.7 Å². The molecule has 156 valence electrons. The maximum atomic E-state index is 2.61. The molecular weight excluding hydrogens is 311 g/mol. The zero-order chi connectivity index (χ0) is 19.7. The van der Waals surface area contributed by atoms with Gasteiger partial charge in [-0.05, 0) is 18.3 Å². The van der Waals surface area contributed by atoms with E-state index in [1.165, 1.54) is 116 Å². The molecule has 0 heterocycles. The molecule has 0 spiro atoms. The van der Waals surface area contributed by atoms with Crippen LogP contribution in [0.15, 0.2) is 0 Å². The molecule has 2 atom stereocenters. The standard InChI is InChI=1S/C25H53B/c1-6-10-12-14-16-18-21-24(5,9-4)23-25(26,20-8-3)22-19-17-15-13-11-7-2/h6-23,26H2,1-5H3. The normalized spacial score (nSPS) is 16.3. The largest absolute Gasteiger partial charge is 0.109 e. The van der Waals surface area contributed by atoms with Gasteiger partial charge in [0.1, 0.15) is 7.85 Å². The topological polar surface area (TPSA) is 0 Å². The van der Waals surface area contributed by atoms with Gasteiger partial charge in [-0.15, -0.1) is 0 Å². The van der Waals surface area contributed by atoms with Crippen LogP contribution < -0.4 is 0 Å². The molecule has 0 aromatic carbocycles. The van der Waals surface area contributed by atoms with Gasteiger partial charge in [-0.3, -0.25) is 0 Å². The molecule has 0 nitrogen and oxygen atoms in total. The van der Waals surface area contributed by atoms with Crippen molar-refractivity contribution in [3.63, 3.8) is 0 Å². The van der Waals surface area contributed by atoms with E-state index < -0.39 is 0 Å². The summed E-state index contributed by atoms with van der Waals surface area (Å²) in [5, 5.41) is 0.576. The van der Waals surface area contributed by atoms with E-state index in [-0.39, 0.29) is 0 Å². The van der Waals surface area contributed by atoms with Crippen molar-refractivity contribution in [3.05, 3.63) is 0 Å². The fourth-order valence-corrected chi connectivity index (χ4v) is 4.99. The number of hydrogen-bond donors (Lipinski definition) is 0. The van der Waals surface area contributed by atoms with Gasteiger partial charge in [0.25, 0.3) is 0 Å². The molecule has 0 aliphatic rings. The van der Waals surface area contributed by atoms with Crippen LogP contribution in [0.25, 0.3) is 0 Å². The van der Waals surface area contributed by atoms with Crippen LogP contribution in [0.2, 0.25) is 5.31 Å². The summed E-state index contributed by atoms with van der Waals surface area (Å²) in [6, 6.07) is 0. The van der Waals surface area contributed by atoms with Crippen molar-refractivity contribution in [2.24, 2.45) is 5.41 Å². The second kappa shape index (κ2) is 16.1. The molecule has 0 aromatic heterocycles. The lowest BCUT2D eigenvalue weighted by molar-refractivity contribution is 0.199. The number of unbranched alkanes of at least 4 members (excludes halogenated alkanes) is 10. The summed E-state index contributed by atoms with van der Waals surface area (Å²) in [6.45, 7) is 12.0. The smallest absolute Gasteiger partial charge is 0.0654 e. The third-order valence-electron chi connectivity index (χ3n) is 6.83. The van der Waals surface area contributed by atoms with Crippen LogP contribution in [-0.4, -0.2) is 7.85 Å². The predicted molar refractivity (Wildman–Crippen MR) is 125 cm³/mol. The highest BCUT2D eigenvalue weighted by molar-refractivity contribution is 6.15. The van der Waals surface area contributed by atoms with Crippen LogP contribution in [0.1, 0.15) is 150 Å². The molecule has 0 radical (unpaired) electrons. The Balaban J connectivity index is 4.35. The van der Waals surface area contributed by atoms with Crippen LogP contribution in [0.5, 0.6) is 0 Å². The first-order valence-corrected chi connectivity index (χ1v) is 12.4. The van der Waals surface area contributed by atoms with Crippen molar-refractivity contribution in [1.82, 2.24) is 0 Å². The Morgan fingerprint density at radius 1 is 0.538 bits per heavy atom. The Labute approximate surface area is 169 Å². The van der Waals surface area contributed by atoms with Crippen LogP contribution in [-0.2, 0) is 0 Å². The van der Waals surface area contributed by atoms with Crippen molar-refractivity contribution in [3.8, 4) is 0 Å². The fraction of sp³-hybridized carbons (Fsp3) is 1.00.